The van der Waals surface area contributed by atoms with Gasteiger partial charge in [0.2, 0.25) is 5.91 Å². The minimum Gasteiger partial charge on any atom is -0.342 e. The Morgan fingerprint density at radius 2 is 2.12 bits per heavy atom. The molecule has 3 nitrogen and oxygen atoms in total. The van der Waals surface area contributed by atoms with Gasteiger partial charge in [-0.25, -0.2) is 0 Å². The van der Waals surface area contributed by atoms with E-state index in [0.29, 0.717) is 11.3 Å². The van der Waals surface area contributed by atoms with Gasteiger partial charge < -0.3 is 10.2 Å². The molecule has 2 aliphatic heterocycles. The van der Waals surface area contributed by atoms with E-state index in [9.17, 15) is 4.79 Å². The summed E-state index contributed by atoms with van der Waals surface area (Å²) in [7, 11) is 0. The zero-order valence-corrected chi connectivity index (χ0v) is 11.8. The van der Waals surface area contributed by atoms with Crippen LogP contribution in [0.25, 0.3) is 0 Å². The van der Waals surface area contributed by atoms with Crippen molar-refractivity contribution in [1.29, 1.82) is 0 Å². The predicted molar refractivity (Wildman–Crippen MR) is 72.4 cm³/mol. The Morgan fingerprint density at radius 3 is 2.71 bits per heavy atom. The van der Waals surface area contributed by atoms with E-state index < -0.39 is 0 Å². The standard InChI is InChI=1S/C13H24N2O.ClH/c1-13(2)6-4-8-15(10-13)12(16)11-5-3-7-14-9-11;/h11,14H,3-10H2,1-2H3;1H/t11-;/m1./s1. The number of carbonyl (C=O) groups is 1. The number of nitrogens with one attached hydrogen (secondary N) is 1. The fourth-order valence-electron chi connectivity index (χ4n) is 2.93. The average molecular weight is 261 g/mol. The summed E-state index contributed by atoms with van der Waals surface area (Å²) in [6, 6.07) is 0. The molecule has 2 saturated heterocycles. The van der Waals surface area contributed by atoms with E-state index in [-0.39, 0.29) is 18.3 Å². The predicted octanol–water partition coefficient (Wildman–Crippen LogP) is 2.06. The van der Waals surface area contributed by atoms with Gasteiger partial charge in [-0.15, -0.1) is 12.4 Å². The highest BCUT2D eigenvalue weighted by Crippen LogP contribution is 2.29. The molecule has 2 rings (SSSR count). The van der Waals surface area contributed by atoms with Gasteiger partial charge in [0.1, 0.15) is 0 Å². The molecule has 0 spiro atoms. The third-order valence-electron chi connectivity index (χ3n) is 3.86. The summed E-state index contributed by atoms with van der Waals surface area (Å²) in [6.45, 7) is 8.42. The summed E-state index contributed by atoms with van der Waals surface area (Å²) in [5, 5.41) is 3.33. The van der Waals surface area contributed by atoms with Gasteiger partial charge in [0.15, 0.2) is 0 Å². The van der Waals surface area contributed by atoms with Crippen LogP contribution in [0.5, 0.6) is 0 Å². The molecule has 2 heterocycles. The topological polar surface area (TPSA) is 32.3 Å². The Bertz CT molecular complexity index is 262. The van der Waals surface area contributed by atoms with E-state index >= 15 is 0 Å². The third kappa shape index (κ3) is 3.85. The molecule has 1 N–H and O–H groups in total. The summed E-state index contributed by atoms with van der Waals surface area (Å²) < 4.78 is 0. The summed E-state index contributed by atoms with van der Waals surface area (Å²) >= 11 is 0. The van der Waals surface area contributed by atoms with Crippen molar-refractivity contribution in [1.82, 2.24) is 10.2 Å². The van der Waals surface area contributed by atoms with E-state index in [1.807, 2.05) is 0 Å². The van der Waals surface area contributed by atoms with E-state index in [2.05, 4.69) is 24.1 Å². The van der Waals surface area contributed by atoms with Crippen LogP contribution in [0, 0.1) is 11.3 Å². The van der Waals surface area contributed by atoms with Gasteiger partial charge in [-0.3, -0.25) is 4.79 Å². The molecule has 0 unspecified atom stereocenters. The van der Waals surface area contributed by atoms with Crippen LogP contribution < -0.4 is 5.32 Å². The quantitative estimate of drug-likeness (QED) is 0.783. The Kier molecular flexibility index (Phi) is 5.26. The van der Waals surface area contributed by atoms with Crippen LogP contribution in [-0.2, 0) is 4.79 Å². The molecule has 0 radical (unpaired) electrons. The number of halogens is 1. The first-order valence-corrected chi connectivity index (χ1v) is 6.58. The highest BCUT2D eigenvalue weighted by molar-refractivity contribution is 5.85. The van der Waals surface area contributed by atoms with Gasteiger partial charge in [0.05, 0.1) is 5.92 Å². The number of piperidine rings is 2. The number of hydrogen-bond donors (Lipinski definition) is 1. The molecular weight excluding hydrogens is 236 g/mol. The van der Waals surface area contributed by atoms with Crippen molar-refractivity contribution in [3.05, 3.63) is 0 Å². The lowest BCUT2D eigenvalue weighted by Crippen LogP contribution is -2.48. The average Bonchev–Trinajstić information content (AvgIpc) is 2.28. The molecule has 0 aromatic heterocycles. The molecule has 4 heteroatoms. The normalized spacial score (nSPS) is 28.4. The number of hydrogen-bond acceptors (Lipinski definition) is 2. The SMILES string of the molecule is CC1(C)CCCN(C(=O)[C@@H]2CCCNC2)C1.Cl. The van der Waals surface area contributed by atoms with Crippen molar-refractivity contribution < 1.29 is 4.79 Å². The molecule has 0 aromatic rings. The van der Waals surface area contributed by atoms with Crippen LogP contribution in [0.2, 0.25) is 0 Å². The molecule has 0 saturated carbocycles. The molecule has 1 atom stereocenters. The lowest BCUT2D eigenvalue weighted by molar-refractivity contribution is -0.139. The van der Waals surface area contributed by atoms with Gasteiger partial charge >= 0.3 is 0 Å². The minimum atomic E-state index is 0. The second-order valence-corrected chi connectivity index (χ2v) is 6.07. The molecule has 0 aliphatic carbocycles. The van der Waals surface area contributed by atoms with E-state index in [4.69, 9.17) is 0 Å². The third-order valence-corrected chi connectivity index (χ3v) is 3.86. The summed E-state index contributed by atoms with van der Waals surface area (Å²) in [6.07, 6.45) is 4.63. The molecule has 2 fully saturated rings. The monoisotopic (exact) mass is 260 g/mol. The first-order chi connectivity index (χ1) is 7.58. The Balaban J connectivity index is 0.00000144. The van der Waals surface area contributed by atoms with Crippen molar-refractivity contribution in [2.75, 3.05) is 26.2 Å². The molecule has 1 amide bonds. The second kappa shape index (κ2) is 6.05. The van der Waals surface area contributed by atoms with Crippen LogP contribution in [0.4, 0.5) is 0 Å². The lowest BCUT2D eigenvalue weighted by Gasteiger charge is -2.40. The number of likely N-dealkylation sites (tertiary alicyclic amines) is 1. The van der Waals surface area contributed by atoms with Crippen molar-refractivity contribution in [2.24, 2.45) is 11.3 Å². The number of carbonyl (C=O) groups excluding carboxylic acids is 1. The van der Waals surface area contributed by atoms with Crippen molar-refractivity contribution in [3.8, 4) is 0 Å². The summed E-state index contributed by atoms with van der Waals surface area (Å²) in [5.41, 5.74) is 0.315. The first-order valence-electron chi connectivity index (χ1n) is 6.58. The molecular formula is C13H25ClN2O. The number of nitrogens with zero attached hydrogens (tertiary/aromatic N) is 1. The van der Waals surface area contributed by atoms with Crippen molar-refractivity contribution in [2.45, 2.75) is 39.5 Å². The van der Waals surface area contributed by atoms with E-state index in [1.165, 1.54) is 12.8 Å². The molecule has 2 aliphatic rings. The van der Waals surface area contributed by atoms with Crippen molar-refractivity contribution >= 4 is 18.3 Å². The van der Waals surface area contributed by atoms with Crippen LogP contribution in [0.1, 0.15) is 39.5 Å². The lowest BCUT2D eigenvalue weighted by atomic mass is 9.83. The van der Waals surface area contributed by atoms with Crippen LogP contribution in [-0.4, -0.2) is 37.0 Å². The zero-order valence-electron chi connectivity index (χ0n) is 11.0. The summed E-state index contributed by atoms with van der Waals surface area (Å²) in [4.78, 5) is 14.4. The zero-order chi connectivity index (χ0) is 11.6. The highest BCUT2D eigenvalue weighted by Gasteiger charge is 2.32. The number of rotatable bonds is 1. The molecule has 0 bridgehead atoms. The molecule has 0 aromatic carbocycles. The fourth-order valence-corrected chi connectivity index (χ4v) is 2.93. The largest absolute Gasteiger partial charge is 0.342 e. The van der Waals surface area contributed by atoms with E-state index in [1.54, 1.807) is 0 Å². The Morgan fingerprint density at radius 1 is 1.35 bits per heavy atom. The maximum atomic E-state index is 12.3. The minimum absolute atomic E-state index is 0. The van der Waals surface area contributed by atoms with Gasteiger partial charge in [-0.1, -0.05) is 13.8 Å². The maximum absolute atomic E-state index is 12.3. The Hall–Kier alpha value is -0.280. The van der Waals surface area contributed by atoms with Crippen LogP contribution in [0.15, 0.2) is 0 Å². The van der Waals surface area contributed by atoms with Gasteiger partial charge in [-0.2, -0.15) is 0 Å². The number of amides is 1. The highest BCUT2D eigenvalue weighted by atomic mass is 35.5. The van der Waals surface area contributed by atoms with Crippen molar-refractivity contribution in [3.63, 3.8) is 0 Å². The second-order valence-electron chi connectivity index (χ2n) is 6.07. The summed E-state index contributed by atoms with van der Waals surface area (Å²) in [5.74, 6) is 0.627. The fraction of sp³-hybridized carbons (Fsp3) is 0.923. The van der Waals surface area contributed by atoms with Gasteiger partial charge in [0, 0.05) is 19.6 Å². The first kappa shape index (κ1) is 14.8. The smallest absolute Gasteiger partial charge is 0.226 e. The van der Waals surface area contributed by atoms with Crippen LogP contribution in [0.3, 0.4) is 0 Å². The van der Waals surface area contributed by atoms with Gasteiger partial charge in [-0.05, 0) is 37.6 Å². The maximum Gasteiger partial charge on any atom is 0.226 e. The molecule has 100 valence electrons. The van der Waals surface area contributed by atoms with E-state index in [0.717, 1.165) is 39.0 Å². The molecule has 17 heavy (non-hydrogen) atoms. The van der Waals surface area contributed by atoms with Gasteiger partial charge in [0.25, 0.3) is 0 Å². The Labute approximate surface area is 111 Å². The van der Waals surface area contributed by atoms with Crippen LogP contribution >= 0.6 is 12.4 Å².